The van der Waals surface area contributed by atoms with E-state index in [0.29, 0.717) is 22.2 Å². The van der Waals surface area contributed by atoms with Gasteiger partial charge in [-0.25, -0.2) is 28.5 Å². The summed E-state index contributed by atoms with van der Waals surface area (Å²) in [7, 11) is 0. The number of carbonyl (C=O) groups is 3. The number of halogens is 1. The summed E-state index contributed by atoms with van der Waals surface area (Å²) in [6.07, 6.45) is 5.15. The predicted octanol–water partition coefficient (Wildman–Crippen LogP) is 3.61. The van der Waals surface area contributed by atoms with Gasteiger partial charge in [-0.1, -0.05) is 6.07 Å². The molecule has 14 heteroatoms. The van der Waals surface area contributed by atoms with E-state index >= 15 is 4.39 Å². The van der Waals surface area contributed by atoms with Crippen molar-refractivity contribution in [1.29, 1.82) is 0 Å². The van der Waals surface area contributed by atoms with Crippen molar-refractivity contribution < 1.29 is 33.4 Å². The van der Waals surface area contributed by atoms with E-state index in [1.54, 1.807) is 24.7 Å². The van der Waals surface area contributed by atoms with Crippen molar-refractivity contribution >= 4 is 29.3 Å². The molecule has 0 fully saturated rings. The third kappa shape index (κ3) is 5.13. The number of benzene rings is 1. The number of amides is 1. The molecule has 0 saturated carbocycles. The molecular formula is C27H20FN7O6. The molecule has 1 amide bonds. The van der Waals surface area contributed by atoms with Crippen molar-refractivity contribution in [3.63, 3.8) is 0 Å². The van der Waals surface area contributed by atoms with Gasteiger partial charge in [-0.05, 0) is 43.7 Å². The molecule has 5 aromatic rings. The molecule has 4 aromatic heterocycles. The lowest BCUT2D eigenvalue weighted by atomic mass is 10.1. The summed E-state index contributed by atoms with van der Waals surface area (Å²) < 4.78 is 21.8. The lowest BCUT2D eigenvalue weighted by Crippen LogP contribution is -2.34. The SMILES string of the molecule is Cc1nc(C)c(C(=O)N(/C(=C\C(=O)O)C(=O)O)c2ccc(F)c(-c3nc4ncc(-c5ncccc5C)cn4n3)c2)o1. The predicted molar refractivity (Wildman–Crippen MR) is 140 cm³/mol. The molecule has 2 N–H and O–H groups in total. The second-order valence-corrected chi connectivity index (χ2v) is 8.82. The van der Waals surface area contributed by atoms with Gasteiger partial charge < -0.3 is 14.6 Å². The highest BCUT2D eigenvalue weighted by molar-refractivity contribution is 6.14. The molecule has 1 aromatic carbocycles. The number of anilines is 1. The molecule has 41 heavy (non-hydrogen) atoms. The van der Waals surface area contributed by atoms with E-state index in [1.165, 1.54) is 18.4 Å². The van der Waals surface area contributed by atoms with Crippen molar-refractivity contribution in [2.24, 2.45) is 0 Å². The van der Waals surface area contributed by atoms with Gasteiger partial charge in [0.1, 0.15) is 11.5 Å². The van der Waals surface area contributed by atoms with Crippen LogP contribution in [0.2, 0.25) is 0 Å². The molecule has 206 valence electrons. The van der Waals surface area contributed by atoms with Gasteiger partial charge >= 0.3 is 17.8 Å². The highest BCUT2D eigenvalue weighted by atomic mass is 19.1. The minimum absolute atomic E-state index is 0.120. The third-order valence-electron chi connectivity index (χ3n) is 5.95. The molecule has 0 aliphatic rings. The Balaban J connectivity index is 1.64. The van der Waals surface area contributed by atoms with Crippen LogP contribution in [0, 0.1) is 26.6 Å². The maximum Gasteiger partial charge on any atom is 0.353 e. The van der Waals surface area contributed by atoms with Crippen LogP contribution in [0.3, 0.4) is 0 Å². The Morgan fingerprint density at radius 2 is 1.85 bits per heavy atom. The van der Waals surface area contributed by atoms with E-state index in [2.05, 4.69) is 25.0 Å². The summed E-state index contributed by atoms with van der Waals surface area (Å²) in [4.78, 5) is 54.6. The highest BCUT2D eigenvalue weighted by Crippen LogP contribution is 2.30. The summed E-state index contributed by atoms with van der Waals surface area (Å²) in [5, 5.41) is 23.5. The van der Waals surface area contributed by atoms with Gasteiger partial charge in [0.15, 0.2) is 11.7 Å². The lowest BCUT2D eigenvalue weighted by Gasteiger charge is -2.22. The molecule has 5 rings (SSSR count). The number of hydrogen-bond acceptors (Lipinski definition) is 9. The maximum atomic E-state index is 15.1. The van der Waals surface area contributed by atoms with Gasteiger partial charge in [0, 0.05) is 31.1 Å². The number of pyridine rings is 1. The third-order valence-corrected chi connectivity index (χ3v) is 5.95. The first-order chi connectivity index (χ1) is 19.5. The van der Waals surface area contributed by atoms with Crippen molar-refractivity contribution in [1.82, 2.24) is 29.5 Å². The summed E-state index contributed by atoms with van der Waals surface area (Å²) in [6, 6.07) is 6.91. The van der Waals surface area contributed by atoms with E-state index < -0.39 is 29.4 Å². The fourth-order valence-corrected chi connectivity index (χ4v) is 4.17. The number of aromatic nitrogens is 6. The van der Waals surface area contributed by atoms with Gasteiger partial charge in [-0.3, -0.25) is 14.7 Å². The average molecular weight is 557 g/mol. The van der Waals surface area contributed by atoms with Gasteiger partial charge in [-0.15, -0.1) is 5.10 Å². The molecule has 0 bridgehead atoms. The molecule has 0 atom stereocenters. The smallest absolute Gasteiger partial charge is 0.353 e. The summed E-state index contributed by atoms with van der Waals surface area (Å²) in [6.45, 7) is 4.84. The molecule has 0 radical (unpaired) electrons. The fourth-order valence-electron chi connectivity index (χ4n) is 4.17. The van der Waals surface area contributed by atoms with Gasteiger partial charge in [0.25, 0.3) is 5.78 Å². The molecule has 0 spiro atoms. The second kappa shape index (κ2) is 10.4. The number of oxazole rings is 1. The minimum Gasteiger partial charge on any atom is -0.478 e. The molecule has 13 nitrogen and oxygen atoms in total. The maximum absolute atomic E-state index is 15.1. The Morgan fingerprint density at radius 1 is 1.07 bits per heavy atom. The normalized spacial score (nSPS) is 11.6. The zero-order chi connectivity index (χ0) is 29.4. The Morgan fingerprint density at radius 3 is 2.51 bits per heavy atom. The first-order valence-electron chi connectivity index (χ1n) is 11.9. The van der Waals surface area contributed by atoms with Crippen LogP contribution < -0.4 is 4.90 Å². The molecule has 0 aliphatic heterocycles. The van der Waals surface area contributed by atoms with Crippen LogP contribution in [-0.4, -0.2) is 57.6 Å². The Hall–Kier alpha value is -5.79. The molecule has 4 heterocycles. The Labute approximate surface area is 230 Å². The Kier molecular flexibility index (Phi) is 6.80. The minimum atomic E-state index is -1.73. The van der Waals surface area contributed by atoms with Crippen molar-refractivity contribution in [3.8, 4) is 22.6 Å². The Bertz CT molecular complexity index is 1890. The van der Waals surface area contributed by atoms with Crippen LogP contribution >= 0.6 is 0 Å². The van der Waals surface area contributed by atoms with Crippen LogP contribution in [0.4, 0.5) is 10.1 Å². The lowest BCUT2D eigenvalue weighted by molar-refractivity contribution is -0.135. The van der Waals surface area contributed by atoms with E-state index in [4.69, 9.17) is 4.42 Å². The van der Waals surface area contributed by atoms with E-state index in [1.807, 2.05) is 13.0 Å². The molecular weight excluding hydrogens is 537 g/mol. The van der Waals surface area contributed by atoms with Crippen molar-refractivity contribution in [2.45, 2.75) is 20.8 Å². The quantitative estimate of drug-likeness (QED) is 0.279. The standard InChI is InChI=1S/C27H20FN7O6/c1-13-5-4-8-29-22(13)16-11-30-27-32-24(33-34(27)12-16)18-9-17(6-7-19(18)28)35(20(26(39)40)10-21(36)37)25(38)23-14(2)31-15(3)41-23/h4-12H,1-3H3,(H,36,37)(H,39,40)/b20-10-. The second-order valence-electron chi connectivity index (χ2n) is 8.82. The zero-order valence-corrected chi connectivity index (χ0v) is 21.7. The van der Waals surface area contributed by atoms with Crippen molar-refractivity contribution in [2.75, 3.05) is 4.90 Å². The average Bonchev–Trinajstić information content (AvgIpc) is 3.50. The van der Waals surface area contributed by atoms with E-state index in [-0.39, 0.29) is 40.2 Å². The fraction of sp³-hybridized carbons (Fsp3) is 0.111. The zero-order valence-electron chi connectivity index (χ0n) is 21.7. The number of fused-ring (bicyclic) bond motifs is 1. The number of hydrogen-bond donors (Lipinski definition) is 2. The monoisotopic (exact) mass is 557 g/mol. The van der Waals surface area contributed by atoms with Gasteiger partial charge in [0.2, 0.25) is 5.76 Å². The molecule has 0 saturated heterocycles. The number of rotatable bonds is 7. The van der Waals surface area contributed by atoms with Gasteiger partial charge in [-0.2, -0.15) is 4.98 Å². The molecule has 0 unspecified atom stereocenters. The number of carboxylic acids is 2. The summed E-state index contributed by atoms with van der Waals surface area (Å²) in [5.41, 5.74) is 1.04. The first kappa shape index (κ1) is 26.8. The van der Waals surface area contributed by atoms with Crippen LogP contribution in [-0.2, 0) is 9.59 Å². The largest absolute Gasteiger partial charge is 0.478 e. The van der Waals surface area contributed by atoms with Crippen LogP contribution in [0.5, 0.6) is 0 Å². The summed E-state index contributed by atoms with van der Waals surface area (Å²) in [5.74, 6) is -5.35. The number of carboxylic acid groups (broad SMARTS) is 2. The van der Waals surface area contributed by atoms with Crippen molar-refractivity contribution in [3.05, 3.63) is 89.4 Å². The number of aliphatic carboxylic acids is 2. The number of nitrogens with zero attached hydrogens (tertiary/aromatic N) is 7. The topological polar surface area (TPSA) is 177 Å². The van der Waals surface area contributed by atoms with Crippen LogP contribution in [0.1, 0.15) is 27.7 Å². The first-order valence-corrected chi connectivity index (χ1v) is 11.9. The van der Waals surface area contributed by atoms with E-state index in [9.17, 15) is 24.6 Å². The van der Waals surface area contributed by atoms with E-state index in [0.717, 1.165) is 23.8 Å². The molecule has 0 aliphatic carbocycles. The number of aryl methyl sites for hydroxylation is 3. The number of carbonyl (C=O) groups excluding carboxylic acids is 1. The summed E-state index contributed by atoms with van der Waals surface area (Å²) >= 11 is 0. The van der Waals surface area contributed by atoms with Gasteiger partial charge in [0.05, 0.1) is 28.7 Å². The van der Waals surface area contributed by atoms with Crippen LogP contribution in [0.25, 0.3) is 28.4 Å². The van der Waals surface area contributed by atoms with Crippen LogP contribution in [0.15, 0.2) is 65.1 Å². The highest BCUT2D eigenvalue weighted by Gasteiger charge is 2.32.